The first kappa shape index (κ1) is 10.5. The second kappa shape index (κ2) is 3.98. The third kappa shape index (κ3) is 1.66. The van der Waals surface area contributed by atoms with Crippen molar-refractivity contribution in [3.05, 3.63) is 46.6 Å². The number of rotatable bonds is 2. The van der Waals surface area contributed by atoms with E-state index in [0.29, 0.717) is 16.4 Å². The van der Waals surface area contributed by atoms with E-state index in [9.17, 15) is 4.79 Å². The molecule has 0 unspecified atom stereocenters. The molecule has 3 aromatic rings. The van der Waals surface area contributed by atoms with Crippen LogP contribution in [-0.2, 0) is 0 Å². The fourth-order valence-corrected chi connectivity index (χ4v) is 2.58. The SMILES string of the molecule is O=Cc1c(-c2ccc(Cl)cc2)nc2sccn12. The van der Waals surface area contributed by atoms with Crippen LogP contribution in [0.1, 0.15) is 10.5 Å². The van der Waals surface area contributed by atoms with Crippen LogP contribution in [0.5, 0.6) is 0 Å². The molecule has 0 aliphatic heterocycles. The standard InChI is InChI=1S/C12H7ClN2OS/c13-9-3-1-8(2-4-9)11-10(7-16)15-5-6-17-12(15)14-11/h1-7H. The molecule has 0 radical (unpaired) electrons. The second-order valence-corrected chi connectivity index (χ2v) is 4.84. The lowest BCUT2D eigenvalue weighted by atomic mass is 10.1. The summed E-state index contributed by atoms with van der Waals surface area (Å²) < 4.78 is 1.79. The monoisotopic (exact) mass is 262 g/mol. The maximum absolute atomic E-state index is 11.2. The fourth-order valence-electron chi connectivity index (χ4n) is 1.74. The molecule has 0 saturated heterocycles. The van der Waals surface area contributed by atoms with Crippen LogP contribution in [0.2, 0.25) is 5.02 Å². The number of benzene rings is 1. The van der Waals surface area contributed by atoms with Crippen molar-refractivity contribution in [3.63, 3.8) is 0 Å². The highest BCUT2D eigenvalue weighted by atomic mass is 35.5. The molecule has 0 bridgehead atoms. The molecular formula is C12H7ClN2OS. The van der Waals surface area contributed by atoms with Crippen LogP contribution < -0.4 is 0 Å². The largest absolute Gasteiger partial charge is 0.296 e. The van der Waals surface area contributed by atoms with Crippen molar-refractivity contribution in [1.82, 2.24) is 9.38 Å². The highest BCUT2D eigenvalue weighted by Crippen LogP contribution is 2.26. The number of hydrogen-bond donors (Lipinski definition) is 0. The van der Waals surface area contributed by atoms with E-state index in [1.54, 1.807) is 16.5 Å². The number of hydrogen-bond acceptors (Lipinski definition) is 3. The Kier molecular flexibility index (Phi) is 2.46. The van der Waals surface area contributed by atoms with Gasteiger partial charge in [0.15, 0.2) is 11.2 Å². The van der Waals surface area contributed by atoms with Crippen LogP contribution in [-0.4, -0.2) is 15.7 Å². The molecule has 3 nitrogen and oxygen atoms in total. The number of aldehydes is 1. The molecular weight excluding hydrogens is 256 g/mol. The summed E-state index contributed by atoms with van der Waals surface area (Å²) in [6, 6.07) is 7.31. The lowest BCUT2D eigenvalue weighted by molar-refractivity contribution is 0.111. The van der Waals surface area contributed by atoms with E-state index >= 15 is 0 Å². The number of fused-ring (bicyclic) bond motifs is 1. The van der Waals surface area contributed by atoms with Crippen molar-refractivity contribution in [2.24, 2.45) is 0 Å². The predicted octanol–water partition coefficient (Wildman–Crippen LogP) is 3.53. The number of carbonyl (C=O) groups excluding carboxylic acids is 1. The molecule has 1 aromatic carbocycles. The molecule has 0 N–H and O–H groups in total. The Morgan fingerprint density at radius 1 is 1.29 bits per heavy atom. The highest BCUT2D eigenvalue weighted by molar-refractivity contribution is 7.15. The summed E-state index contributed by atoms with van der Waals surface area (Å²) >= 11 is 7.34. The van der Waals surface area contributed by atoms with Gasteiger partial charge in [0.05, 0.1) is 0 Å². The summed E-state index contributed by atoms with van der Waals surface area (Å²) in [5, 5.41) is 2.57. The lowest BCUT2D eigenvalue weighted by Gasteiger charge is -1.98. The first-order chi connectivity index (χ1) is 8.29. The maximum atomic E-state index is 11.2. The van der Waals surface area contributed by atoms with Gasteiger partial charge in [-0.2, -0.15) is 0 Å². The Bertz CT molecular complexity index is 684. The summed E-state index contributed by atoms with van der Waals surface area (Å²) in [7, 11) is 0. The van der Waals surface area contributed by atoms with E-state index in [-0.39, 0.29) is 0 Å². The van der Waals surface area contributed by atoms with Crippen molar-refractivity contribution in [2.45, 2.75) is 0 Å². The topological polar surface area (TPSA) is 34.4 Å². The summed E-state index contributed by atoms with van der Waals surface area (Å²) in [5.74, 6) is 0. The van der Waals surface area contributed by atoms with Gasteiger partial charge in [-0.3, -0.25) is 9.20 Å². The molecule has 17 heavy (non-hydrogen) atoms. The van der Waals surface area contributed by atoms with Gasteiger partial charge >= 0.3 is 0 Å². The Morgan fingerprint density at radius 3 is 2.76 bits per heavy atom. The molecule has 2 heterocycles. The van der Waals surface area contributed by atoms with Crippen LogP contribution in [0.25, 0.3) is 16.2 Å². The van der Waals surface area contributed by atoms with E-state index in [0.717, 1.165) is 16.8 Å². The fraction of sp³-hybridized carbons (Fsp3) is 0. The summed E-state index contributed by atoms with van der Waals surface area (Å²) in [6.07, 6.45) is 2.67. The first-order valence-electron chi connectivity index (χ1n) is 4.96. The van der Waals surface area contributed by atoms with Crippen molar-refractivity contribution >= 4 is 34.2 Å². The predicted molar refractivity (Wildman–Crippen MR) is 68.9 cm³/mol. The molecule has 0 aliphatic carbocycles. The van der Waals surface area contributed by atoms with Crippen LogP contribution in [0.15, 0.2) is 35.8 Å². The van der Waals surface area contributed by atoms with E-state index in [2.05, 4.69) is 4.98 Å². The number of imidazole rings is 1. The van der Waals surface area contributed by atoms with Gasteiger partial charge in [0.1, 0.15) is 11.4 Å². The van der Waals surface area contributed by atoms with Gasteiger partial charge in [0.2, 0.25) is 0 Å². The quantitative estimate of drug-likeness (QED) is 0.662. The third-order valence-corrected chi connectivity index (χ3v) is 3.54. The molecule has 84 valence electrons. The van der Waals surface area contributed by atoms with Gasteiger partial charge in [-0.05, 0) is 12.1 Å². The van der Waals surface area contributed by atoms with E-state index in [1.807, 2.05) is 23.7 Å². The van der Waals surface area contributed by atoms with Crippen LogP contribution in [0.3, 0.4) is 0 Å². The Morgan fingerprint density at radius 2 is 2.06 bits per heavy atom. The van der Waals surface area contributed by atoms with E-state index in [4.69, 9.17) is 11.6 Å². The van der Waals surface area contributed by atoms with E-state index < -0.39 is 0 Å². The van der Waals surface area contributed by atoms with Crippen molar-refractivity contribution in [2.75, 3.05) is 0 Å². The lowest BCUT2D eigenvalue weighted by Crippen LogP contribution is -1.89. The number of nitrogens with zero attached hydrogens (tertiary/aromatic N) is 2. The van der Waals surface area contributed by atoms with Crippen molar-refractivity contribution in [3.8, 4) is 11.3 Å². The number of carbonyl (C=O) groups is 1. The molecule has 2 aromatic heterocycles. The normalized spacial score (nSPS) is 10.9. The van der Waals surface area contributed by atoms with Crippen LogP contribution in [0.4, 0.5) is 0 Å². The Balaban J connectivity index is 2.25. The van der Waals surface area contributed by atoms with Gasteiger partial charge in [-0.25, -0.2) is 4.98 Å². The van der Waals surface area contributed by atoms with Crippen molar-refractivity contribution < 1.29 is 4.79 Å². The molecule has 0 fully saturated rings. The summed E-state index contributed by atoms with van der Waals surface area (Å²) in [6.45, 7) is 0. The second-order valence-electron chi connectivity index (χ2n) is 3.53. The van der Waals surface area contributed by atoms with Crippen molar-refractivity contribution in [1.29, 1.82) is 0 Å². The van der Waals surface area contributed by atoms with Gasteiger partial charge in [-0.1, -0.05) is 23.7 Å². The smallest absolute Gasteiger partial charge is 0.194 e. The minimum Gasteiger partial charge on any atom is -0.296 e. The Labute approximate surface area is 106 Å². The minimum absolute atomic E-state index is 0.573. The van der Waals surface area contributed by atoms with Gasteiger partial charge in [-0.15, -0.1) is 11.3 Å². The summed E-state index contributed by atoms with van der Waals surface area (Å²) in [4.78, 5) is 16.4. The highest BCUT2D eigenvalue weighted by Gasteiger charge is 2.13. The molecule has 0 amide bonds. The molecule has 5 heteroatoms. The molecule has 0 aliphatic rings. The van der Waals surface area contributed by atoms with Gasteiger partial charge in [0, 0.05) is 22.2 Å². The Hall–Kier alpha value is -1.65. The molecule has 3 rings (SSSR count). The van der Waals surface area contributed by atoms with Gasteiger partial charge < -0.3 is 0 Å². The zero-order chi connectivity index (χ0) is 11.8. The van der Waals surface area contributed by atoms with E-state index in [1.165, 1.54) is 11.3 Å². The number of aromatic nitrogens is 2. The number of halogens is 1. The van der Waals surface area contributed by atoms with Gasteiger partial charge in [0.25, 0.3) is 0 Å². The number of thiazole rings is 1. The average molecular weight is 263 g/mol. The molecule has 0 saturated carbocycles. The first-order valence-corrected chi connectivity index (χ1v) is 6.22. The third-order valence-electron chi connectivity index (χ3n) is 2.53. The zero-order valence-electron chi connectivity index (χ0n) is 8.63. The molecule has 0 spiro atoms. The maximum Gasteiger partial charge on any atom is 0.194 e. The summed E-state index contributed by atoms with van der Waals surface area (Å²) in [5.41, 5.74) is 2.17. The van der Waals surface area contributed by atoms with Crippen LogP contribution >= 0.6 is 22.9 Å². The molecule has 0 atom stereocenters. The minimum atomic E-state index is 0.573. The van der Waals surface area contributed by atoms with Crippen LogP contribution in [0, 0.1) is 0 Å². The zero-order valence-corrected chi connectivity index (χ0v) is 10.2. The average Bonchev–Trinajstić information content (AvgIpc) is 2.89.